The van der Waals surface area contributed by atoms with Crippen molar-refractivity contribution in [1.82, 2.24) is 19.4 Å². The Morgan fingerprint density at radius 2 is 1.93 bits per heavy atom. The molecule has 0 bridgehead atoms. The van der Waals surface area contributed by atoms with Crippen LogP contribution in [0, 0.1) is 0 Å². The number of imide groups is 1. The molecule has 0 spiro atoms. The summed E-state index contributed by atoms with van der Waals surface area (Å²) in [6, 6.07) is 8.92. The van der Waals surface area contributed by atoms with Crippen LogP contribution in [0.25, 0.3) is 22.2 Å². The van der Waals surface area contributed by atoms with E-state index >= 15 is 0 Å². The number of carbonyl (C=O) groups excluding carboxylic acids is 2. The van der Waals surface area contributed by atoms with Crippen molar-refractivity contribution in [3.8, 4) is 0 Å². The van der Waals surface area contributed by atoms with E-state index in [-0.39, 0.29) is 5.70 Å². The molecule has 8 heteroatoms. The molecule has 29 heavy (non-hydrogen) atoms. The van der Waals surface area contributed by atoms with Gasteiger partial charge in [0, 0.05) is 44.2 Å². The van der Waals surface area contributed by atoms with E-state index in [4.69, 9.17) is 4.74 Å². The molecule has 0 radical (unpaired) electrons. The zero-order chi connectivity index (χ0) is 20.6. The van der Waals surface area contributed by atoms with Crippen molar-refractivity contribution in [3.05, 3.63) is 54.7 Å². The first kappa shape index (κ1) is 19.3. The van der Waals surface area contributed by atoms with E-state index in [1.807, 2.05) is 35.0 Å². The average Bonchev–Trinajstić information content (AvgIpc) is 3.36. The van der Waals surface area contributed by atoms with E-state index in [2.05, 4.69) is 29.9 Å². The summed E-state index contributed by atoms with van der Waals surface area (Å²) in [5.74, 6) is -0.826. The molecule has 2 amide bonds. The number of carbonyl (C=O) groups is 2. The summed E-state index contributed by atoms with van der Waals surface area (Å²) >= 11 is 0. The molecule has 3 heterocycles. The molecule has 7 nitrogen and oxygen atoms in total. The summed E-state index contributed by atoms with van der Waals surface area (Å²) in [5, 5.41) is 3.31. The Hall–Kier alpha value is -2.97. The number of hydrogen-bond acceptors (Lipinski definition) is 4. The number of nitrogens with one attached hydrogen (secondary N) is 1. The Bertz CT molecular complexity index is 1110. The standard InChI is InChI=1S/C21H24N4O3Si/c1-29(2,3)11-10-28-14-25-12-16(15-6-4-5-7-17(15)25)18-19(21(27)23-20(18)26)24-9-8-22-13-24/h4-9,12-13H,10-11,14H2,1-3H3,(H,23,26,27). The summed E-state index contributed by atoms with van der Waals surface area (Å²) in [6.45, 7) is 8.06. The summed E-state index contributed by atoms with van der Waals surface area (Å²) in [7, 11) is -1.16. The van der Waals surface area contributed by atoms with E-state index in [9.17, 15) is 9.59 Å². The summed E-state index contributed by atoms with van der Waals surface area (Å²) in [4.78, 5) is 29.1. The summed E-state index contributed by atoms with van der Waals surface area (Å²) < 4.78 is 9.49. The largest absolute Gasteiger partial charge is 0.361 e. The number of fused-ring (bicyclic) bond motifs is 1. The smallest absolute Gasteiger partial charge is 0.275 e. The molecule has 4 rings (SSSR count). The van der Waals surface area contributed by atoms with Crippen LogP contribution in [0.3, 0.4) is 0 Å². The Morgan fingerprint density at radius 3 is 2.66 bits per heavy atom. The van der Waals surface area contributed by atoms with Crippen LogP contribution in [0.1, 0.15) is 5.56 Å². The first-order valence-corrected chi connectivity index (χ1v) is 13.3. The number of amides is 2. The summed E-state index contributed by atoms with van der Waals surface area (Å²) in [6.07, 6.45) is 6.65. The van der Waals surface area contributed by atoms with Gasteiger partial charge in [0.1, 0.15) is 12.4 Å². The lowest BCUT2D eigenvalue weighted by Gasteiger charge is -2.15. The number of ether oxygens (including phenoxy) is 1. The first-order chi connectivity index (χ1) is 13.8. The maximum absolute atomic E-state index is 12.7. The highest BCUT2D eigenvalue weighted by Gasteiger charge is 2.34. The van der Waals surface area contributed by atoms with E-state index < -0.39 is 19.9 Å². The number of nitrogens with zero attached hydrogens (tertiary/aromatic N) is 3. The number of para-hydroxylation sites is 1. The zero-order valence-corrected chi connectivity index (χ0v) is 17.8. The normalized spacial score (nSPS) is 14.9. The van der Waals surface area contributed by atoms with Gasteiger partial charge in [0.05, 0.1) is 17.4 Å². The number of hydrogen-bond donors (Lipinski definition) is 1. The van der Waals surface area contributed by atoms with Crippen LogP contribution in [0.15, 0.2) is 49.2 Å². The van der Waals surface area contributed by atoms with Gasteiger partial charge in [0.2, 0.25) is 0 Å². The molecule has 150 valence electrons. The lowest BCUT2D eigenvalue weighted by atomic mass is 10.0. The molecule has 2 aromatic heterocycles. The van der Waals surface area contributed by atoms with E-state index in [1.165, 1.54) is 6.33 Å². The summed E-state index contributed by atoms with van der Waals surface area (Å²) in [5.41, 5.74) is 2.31. The zero-order valence-electron chi connectivity index (χ0n) is 16.8. The fourth-order valence-corrected chi connectivity index (χ4v) is 4.18. The highest BCUT2D eigenvalue weighted by molar-refractivity contribution is 6.76. The molecule has 1 N–H and O–H groups in total. The molecule has 1 aliphatic heterocycles. The Morgan fingerprint density at radius 1 is 1.14 bits per heavy atom. The molecule has 0 aliphatic carbocycles. The van der Waals surface area contributed by atoms with Gasteiger partial charge in [-0.05, 0) is 12.1 Å². The topological polar surface area (TPSA) is 78.2 Å². The SMILES string of the molecule is C[Si](C)(C)CCOCn1cc(C2=C(n3ccnc3)C(=O)NC2=O)c2ccccc21. The van der Waals surface area contributed by atoms with Crippen molar-refractivity contribution in [2.75, 3.05) is 6.61 Å². The highest BCUT2D eigenvalue weighted by atomic mass is 28.3. The van der Waals surface area contributed by atoms with Gasteiger partial charge < -0.3 is 13.9 Å². The molecule has 0 saturated carbocycles. The quantitative estimate of drug-likeness (QED) is 0.370. The number of rotatable bonds is 7. The highest BCUT2D eigenvalue weighted by Crippen LogP contribution is 2.33. The Kier molecular flexibility index (Phi) is 4.97. The minimum atomic E-state index is -1.16. The molecule has 0 saturated heterocycles. The van der Waals surface area contributed by atoms with Crippen molar-refractivity contribution in [2.45, 2.75) is 32.4 Å². The number of imidazole rings is 1. The maximum atomic E-state index is 12.7. The van der Waals surface area contributed by atoms with E-state index in [0.717, 1.165) is 16.9 Å². The maximum Gasteiger partial charge on any atom is 0.275 e. The van der Waals surface area contributed by atoms with E-state index in [1.54, 1.807) is 17.0 Å². The molecule has 1 aromatic carbocycles. The minimum Gasteiger partial charge on any atom is -0.361 e. The third-order valence-corrected chi connectivity index (χ3v) is 6.66. The van der Waals surface area contributed by atoms with Crippen LogP contribution in [0.4, 0.5) is 0 Å². The van der Waals surface area contributed by atoms with Crippen molar-refractivity contribution in [2.24, 2.45) is 0 Å². The fourth-order valence-electron chi connectivity index (χ4n) is 3.43. The monoisotopic (exact) mass is 408 g/mol. The lowest BCUT2D eigenvalue weighted by Crippen LogP contribution is -2.23. The first-order valence-electron chi connectivity index (χ1n) is 9.59. The molecule has 0 atom stereocenters. The average molecular weight is 409 g/mol. The predicted octanol–water partition coefficient (Wildman–Crippen LogP) is 3.17. The second kappa shape index (κ2) is 7.45. The van der Waals surface area contributed by atoms with Gasteiger partial charge in [-0.3, -0.25) is 14.9 Å². The van der Waals surface area contributed by atoms with Crippen LogP contribution in [-0.2, 0) is 21.1 Å². The number of aromatic nitrogens is 3. The van der Waals surface area contributed by atoms with Gasteiger partial charge >= 0.3 is 0 Å². The van der Waals surface area contributed by atoms with Crippen LogP contribution in [-0.4, -0.2) is 40.6 Å². The molecule has 0 fully saturated rings. The third-order valence-electron chi connectivity index (χ3n) is 4.95. The van der Waals surface area contributed by atoms with Crippen LogP contribution in [0.5, 0.6) is 0 Å². The van der Waals surface area contributed by atoms with Gasteiger partial charge in [0.25, 0.3) is 11.8 Å². The molecular formula is C21H24N4O3Si. The van der Waals surface area contributed by atoms with Gasteiger partial charge in [-0.2, -0.15) is 0 Å². The molecular weight excluding hydrogens is 384 g/mol. The third kappa shape index (κ3) is 3.81. The van der Waals surface area contributed by atoms with Crippen LogP contribution in [0.2, 0.25) is 25.7 Å². The van der Waals surface area contributed by atoms with E-state index in [0.29, 0.717) is 24.5 Å². The molecule has 0 unspecified atom stereocenters. The molecule has 1 aliphatic rings. The minimum absolute atomic E-state index is 0.287. The number of benzene rings is 1. The second-order valence-electron chi connectivity index (χ2n) is 8.35. The predicted molar refractivity (Wildman–Crippen MR) is 115 cm³/mol. The Labute approximate surface area is 170 Å². The van der Waals surface area contributed by atoms with Crippen molar-refractivity contribution in [3.63, 3.8) is 0 Å². The van der Waals surface area contributed by atoms with Gasteiger partial charge in [-0.15, -0.1) is 0 Å². The molecule has 3 aromatic rings. The Balaban J connectivity index is 1.74. The fraction of sp³-hybridized carbons (Fsp3) is 0.286. The van der Waals surface area contributed by atoms with Gasteiger partial charge in [0.15, 0.2) is 0 Å². The van der Waals surface area contributed by atoms with Crippen molar-refractivity contribution in [1.29, 1.82) is 0 Å². The van der Waals surface area contributed by atoms with Crippen molar-refractivity contribution < 1.29 is 14.3 Å². The van der Waals surface area contributed by atoms with Gasteiger partial charge in [-0.25, -0.2) is 4.98 Å². The second-order valence-corrected chi connectivity index (χ2v) is 14.0. The van der Waals surface area contributed by atoms with Gasteiger partial charge in [-0.1, -0.05) is 37.8 Å². The lowest BCUT2D eigenvalue weighted by molar-refractivity contribution is -0.122. The van der Waals surface area contributed by atoms with Crippen LogP contribution < -0.4 is 5.32 Å². The van der Waals surface area contributed by atoms with Crippen molar-refractivity contribution >= 4 is 42.1 Å². The van der Waals surface area contributed by atoms with Crippen LogP contribution >= 0.6 is 0 Å².